The Kier molecular flexibility index (Phi) is 4.00. The van der Waals surface area contributed by atoms with E-state index in [0.29, 0.717) is 13.2 Å². The number of rotatable bonds is 4. The van der Waals surface area contributed by atoms with Crippen LogP contribution < -0.4 is 4.72 Å². The molecule has 6 heteroatoms. The molecule has 1 aliphatic rings. The third kappa shape index (κ3) is 2.92. The van der Waals surface area contributed by atoms with E-state index in [4.69, 9.17) is 9.84 Å². The van der Waals surface area contributed by atoms with E-state index in [0.717, 1.165) is 5.56 Å². The molecule has 1 aromatic carbocycles. The van der Waals surface area contributed by atoms with Crippen molar-refractivity contribution in [3.63, 3.8) is 0 Å². The summed E-state index contributed by atoms with van der Waals surface area (Å²) in [5.74, 6) is -0.957. The summed E-state index contributed by atoms with van der Waals surface area (Å²) < 4.78 is 20.3. The lowest BCUT2D eigenvalue weighted by molar-refractivity contribution is -0.0659. The van der Waals surface area contributed by atoms with Crippen LogP contribution in [0.2, 0.25) is 0 Å². The predicted molar refractivity (Wildman–Crippen MR) is 76.9 cm³/mol. The Morgan fingerprint density at radius 2 is 1.85 bits per heavy atom. The summed E-state index contributed by atoms with van der Waals surface area (Å²) in [5.41, 5.74) is 0.641. The molecule has 0 aliphatic carbocycles. The maximum absolute atomic E-state index is 12.3. The van der Waals surface area contributed by atoms with Gasteiger partial charge in [0.05, 0.1) is 34.5 Å². The molecule has 2 N–H and O–H groups in total. The topological polar surface area (TPSA) is 75.6 Å². The highest BCUT2D eigenvalue weighted by molar-refractivity contribution is 7.84. The first-order valence-corrected chi connectivity index (χ1v) is 7.51. The van der Waals surface area contributed by atoms with Crippen LogP contribution in [-0.4, -0.2) is 33.2 Å². The molecule has 1 aromatic rings. The second kappa shape index (κ2) is 5.27. The minimum atomic E-state index is -1.22. The Bertz CT molecular complexity index is 529. The molecule has 0 aromatic heterocycles. The number of hydrogen-bond acceptors (Lipinski definition) is 3. The second-order valence-electron chi connectivity index (χ2n) is 5.94. The lowest BCUT2D eigenvalue weighted by Crippen LogP contribution is -2.59. The summed E-state index contributed by atoms with van der Waals surface area (Å²) in [6, 6.07) is 6.61. The van der Waals surface area contributed by atoms with Gasteiger partial charge in [-0.3, -0.25) is 0 Å². The van der Waals surface area contributed by atoms with Gasteiger partial charge in [0.15, 0.2) is 0 Å². The minimum absolute atomic E-state index is 0.237. The molecule has 2 rings (SSSR count). The van der Waals surface area contributed by atoms with E-state index < -0.39 is 22.5 Å². The number of ether oxygens (including phenoxy) is 1. The van der Waals surface area contributed by atoms with Gasteiger partial charge < -0.3 is 9.84 Å². The van der Waals surface area contributed by atoms with Crippen molar-refractivity contribution >= 4 is 17.0 Å². The molecule has 0 radical (unpaired) electrons. The Morgan fingerprint density at radius 1 is 1.30 bits per heavy atom. The van der Waals surface area contributed by atoms with Gasteiger partial charge in [-0.05, 0) is 38.5 Å². The van der Waals surface area contributed by atoms with Gasteiger partial charge >= 0.3 is 5.97 Å². The molecule has 0 spiro atoms. The quantitative estimate of drug-likeness (QED) is 0.886. The fraction of sp³-hybridized carbons (Fsp3) is 0.500. The van der Waals surface area contributed by atoms with Crippen molar-refractivity contribution in [2.24, 2.45) is 0 Å². The molecule has 0 saturated carbocycles. The van der Waals surface area contributed by atoms with Crippen molar-refractivity contribution < 1.29 is 18.8 Å². The Hall–Kier alpha value is -1.24. The number of hydrogen-bond donors (Lipinski definition) is 2. The zero-order valence-corrected chi connectivity index (χ0v) is 12.6. The summed E-state index contributed by atoms with van der Waals surface area (Å²) in [4.78, 5) is 10.9. The van der Waals surface area contributed by atoms with Gasteiger partial charge in [0.1, 0.15) is 5.54 Å². The molecule has 0 amide bonds. The van der Waals surface area contributed by atoms with Crippen LogP contribution in [-0.2, 0) is 21.3 Å². The number of benzene rings is 1. The fourth-order valence-corrected chi connectivity index (χ4v) is 2.75. The van der Waals surface area contributed by atoms with Crippen LogP contribution in [0.5, 0.6) is 0 Å². The van der Waals surface area contributed by atoms with Crippen LogP contribution in [0.1, 0.15) is 36.7 Å². The van der Waals surface area contributed by atoms with Gasteiger partial charge in [-0.25, -0.2) is 13.7 Å². The average Bonchev–Trinajstić information content (AvgIpc) is 2.32. The summed E-state index contributed by atoms with van der Waals surface area (Å²) in [7, 11) is -1.22. The molecule has 5 nitrogen and oxygen atoms in total. The highest BCUT2D eigenvalue weighted by Crippen LogP contribution is 2.31. The third-order valence-corrected chi connectivity index (χ3v) is 4.91. The first-order chi connectivity index (χ1) is 9.24. The molecule has 0 bridgehead atoms. The molecule has 1 unspecified atom stereocenters. The summed E-state index contributed by atoms with van der Waals surface area (Å²) in [6.45, 7) is 6.56. The molecule has 1 fully saturated rings. The molecule has 1 atom stereocenters. The van der Waals surface area contributed by atoms with Gasteiger partial charge in [0.25, 0.3) is 0 Å². The second-order valence-corrected chi connectivity index (χ2v) is 7.91. The Morgan fingerprint density at radius 3 is 2.20 bits per heavy atom. The van der Waals surface area contributed by atoms with Crippen molar-refractivity contribution in [2.75, 3.05) is 13.2 Å². The number of carboxylic acids is 1. The standard InChI is InChI=1S/C14H19NO4S/c1-13(2,3)20(18)15-14(8-19-9-14)11-6-4-10(5-7-11)12(16)17/h4-7,15H,8-9H2,1-3H3,(H,16,17). The summed E-state index contributed by atoms with van der Waals surface area (Å²) in [5, 5.41) is 8.91. The zero-order chi connectivity index (χ0) is 15.0. The fourth-order valence-electron chi connectivity index (χ4n) is 1.85. The van der Waals surface area contributed by atoms with Gasteiger partial charge in [0.2, 0.25) is 0 Å². The molecule has 110 valence electrons. The van der Waals surface area contributed by atoms with Crippen molar-refractivity contribution in [2.45, 2.75) is 31.1 Å². The Labute approximate surface area is 120 Å². The number of carbonyl (C=O) groups is 1. The molecule has 1 heterocycles. The van der Waals surface area contributed by atoms with E-state index in [1.807, 2.05) is 20.8 Å². The van der Waals surface area contributed by atoms with Gasteiger partial charge in [-0.2, -0.15) is 0 Å². The Balaban J connectivity index is 2.23. The number of nitrogens with one attached hydrogen (secondary N) is 1. The lowest BCUT2D eigenvalue weighted by atomic mass is 9.89. The van der Waals surface area contributed by atoms with Crippen LogP contribution >= 0.6 is 0 Å². The zero-order valence-electron chi connectivity index (χ0n) is 11.8. The molecule has 1 aliphatic heterocycles. The molecular formula is C14H19NO4S. The number of carboxylic acid groups (broad SMARTS) is 1. The predicted octanol–water partition coefficient (Wildman–Crippen LogP) is 1.66. The van der Waals surface area contributed by atoms with E-state index in [1.54, 1.807) is 24.3 Å². The van der Waals surface area contributed by atoms with E-state index in [1.165, 1.54) is 0 Å². The average molecular weight is 297 g/mol. The van der Waals surface area contributed by atoms with Gasteiger partial charge in [0, 0.05) is 0 Å². The van der Waals surface area contributed by atoms with E-state index >= 15 is 0 Å². The normalized spacial score (nSPS) is 19.1. The highest BCUT2D eigenvalue weighted by atomic mass is 32.2. The summed E-state index contributed by atoms with van der Waals surface area (Å²) >= 11 is 0. The monoisotopic (exact) mass is 297 g/mol. The van der Waals surface area contributed by atoms with Gasteiger partial charge in [-0.15, -0.1) is 0 Å². The third-order valence-electron chi connectivity index (χ3n) is 3.23. The van der Waals surface area contributed by atoms with Gasteiger partial charge in [-0.1, -0.05) is 12.1 Å². The maximum Gasteiger partial charge on any atom is 0.335 e. The minimum Gasteiger partial charge on any atom is -0.478 e. The van der Waals surface area contributed by atoms with Crippen LogP contribution in [0.15, 0.2) is 24.3 Å². The molecular weight excluding hydrogens is 278 g/mol. The van der Waals surface area contributed by atoms with Crippen LogP contribution in [0, 0.1) is 0 Å². The lowest BCUT2D eigenvalue weighted by Gasteiger charge is -2.43. The summed E-state index contributed by atoms with van der Waals surface area (Å²) in [6.07, 6.45) is 0. The van der Waals surface area contributed by atoms with Crippen molar-refractivity contribution in [1.82, 2.24) is 4.72 Å². The largest absolute Gasteiger partial charge is 0.478 e. The van der Waals surface area contributed by atoms with Crippen molar-refractivity contribution in [3.05, 3.63) is 35.4 Å². The van der Waals surface area contributed by atoms with Crippen LogP contribution in [0.25, 0.3) is 0 Å². The first kappa shape index (κ1) is 15.2. The highest BCUT2D eigenvalue weighted by Gasteiger charge is 2.43. The first-order valence-electron chi connectivity index (χ1n) is 6.36. The van der Waals surface area contributed by atoms with Crippen molar-refractivity contribution in [1.29, 1.82) is 0 Å². The maximum atomic E-state index is 12.3. The van der Waals surface area contributed by atoms with Crippen LogP contribution in [0.4, 0.5) is 0 Å². The smallest absolute Gasteiger partial charge is 0.335 e. The van der Waals surface area contributed by atoms with E-state index in [-0.39, 0.29) is 10.3 Å². The van der Waals surface area contributed by atoms with E-state index in [9.17, 15) is 9.00 Å². The van der Waals surface area contributed by atoms with E-state index in [2.05, 4.69) is 4.72 Å². The van der Waals surface area contributed by atoms with Crippen LogP contribution in [0.3, 0.4) is 0 Å². The SMILES string of the molecule is CC(C)(C)S(=O)NC1(c2ccc(C(=O)O)cc2)COC1. The van der Waals surface area contributed by atoms with Crippen molar-refractivity contribution in [3.8, 4) is 0 Å². The number of aromatic carboxylic acids is 1. The molecule has 1 saturated heterocycles. The molecule has 20 heavy (non-hydrogen) atoms.